The molecule has 0 saturated heterocycles. The van der Waals surface area contributed by atoms with Crippen LogP contribution in [0.5, 0.6) is 0 Å². The molecule has 0 aromatic carbocycles. The molecule has 0 radical (unpaired) electrons. The van der Waals surface area contributed by atoms with Crippen LogP contribution in [0.2, 0.25) is 0 Å². The highest BCUT2D eigenvalue weighted by atomic mass is 16.3. The molecule has 0 fully saturated rings. The summed E-state index contributed by atoms with van der Waals surface area (Å²) in [6.45, 7) is 7.49. The van der Waals surface area contributed by atoms with Crippen LogP contribution in [0, 0.1) is 24.2 Å². The van der Waals surface area contributed by atoms with Gasteiger partial charge < -0.3 is 10.4 Å². The van der Waals surface area contributed by atoms with Gasteiger partial charge in [-0.3, -0.25) is 4.79 Å². The van der Waals surface area contributed by atoms with Gasteiger partial charge in [0.15, 0.2) is 0 Å². The fourth-order valence-corrected chi connectivity index (χ4v) is 1.26. The molecule has 0 aliphatic heterocycles. The first kappa shape index (κ1) is 14.7. The molecule has 3 atom stereocenters. The normalized spacial score (nSPS) is 16.8. The molecule has 0 unspecified atom stereocenters. The van der Waals surface area contributed by atoms with Crippen molar-refractivity contribution >= 4 is 5.91 Å². The molecular formula is C13H21NO2. The molecule has 0 rings (SSSR count). The van der Waals surface area contributed by atoms with E-state index < -0.39 is 6.10 Å². The van der Waals surface area contributed by atoms with E-state index >= 15 is 0 Å². The highest BCUT2D eigenvalue weighted by Gasteiger charge is 2.15. The highest BCUT2D eigenvalue weighted by Crippen LogP contribution is 2.13. The molecular weight excluding hydrogens is 202 g/mol. The Morgan fingerprint density at radius 3 is 2.38 bits per heavy atom. The minimum Gasteiger partial charge on any atom is -0.392 e. The molecule has 1 amide bonds. The van der Waals surface area contributed by atoms with E-state index in [0.717, 1.165) is 0 Å². The topological polar surface area (TPSA) is 49.3 Å². The van der Waals surface area contributed by atoms with Crippen molar-refractivity contribution in [1.82, 2.24) is 5.32 Å². The van der Waals surface area contributed by atoms with E-state index in [1.807, 2.05) is 20.8 Å². The van der Waals surface area contributed by atoms with Gasteiger partial charge in [-0.15, -0.1) is 6.42 Å². The van der Waals surface area contributed by atoms with Gasteiger partial charge in [0.25, 0.3) is 0 Å². The van der Waals surface area contributed by atoms with Gasteiger partial charge in [0, 0.05) is 5.92 Å². The Morgan fingerprint density at radius 1 is 1.38 bits per heavy atom. The van der Waals surface area contributed by atoms with Crippen LogP contribution in [0.15, 0.2) is 12.2 Å². The molecule has 3 heteroatoms. The Balaban J connectivity index is 4.18. The number of nitrogens with one attached hydrogen (secondary N) is 1. The number of hydrogen-bond donors (Lipinski definition) is 2. The molecule has 16 heavy (non-hydrogen) atoms. The molecule has 90 valence electrons. The van der Waals surface area contributed by atoms with Crippen LogP contribution in [0.25, 0.3) is 0 Å². The Labute approximate surface area is 97.9 Å². The van der Waals surface area contributed by atoms with E-state index in [-0.39, 0.29) is 23.8 Å². The number of amides is 1. The van der Waals surface area contributed by atoms with E-state index in [1.165, 1.54) is 6.08 Å². The minimum atomic E-state index is -0.436. The Morgan fingerprint density at radius 2 is 1.94 bits per heavy atom. The zero-order chi connectivity index (χ0) is 12.7. The molecule has 0 aromatic rings. The summed E-state index contributed by atoms with van der Waals surface area (Å²) in [6.07, 6.45) is 7.82. The smallest absolute Gasteiger partial charge is 0.244 e. The first-order valence-corrected chi connectivity index (χ1v) is 5.51. The molecule has 2 N–H and O–H groups in total. The van der Waals surface area contributed by atoms with E-state index in [2.05, 4.69) is 11.2 Å². The van der Waals surface area contributed by atoms with Crippen LogP contribution in [0.1, 0.15) is 27.7 Å². The van der Waals surface area contributed by atoms with E-state index in [9.17, 15) is 9.90 Å². The van der Waals surface area contributed by atoms with Crippen molar-refractivity contribution in [2.75, 3.05) is 0 Å². The fraction of sp³-hybridized carbons (Fsp3) is 0.615. The van der Waals surface area contributed by atoms with Crippen LogP contribution >= 0.6 is 0 Å². The monoisotopic (exact) mass is 223 g/mol. The summed E-state index contributed by atoms with van der Waals surface area (Å²) in [5.41, 5.74) is 0. The first-order chi connectivity index (χ1) is 7.38. The third-order valence-corrected chi connectivity index (χ3v) is 2.38. The van der Waals surface area contributed by atoms with Crippen LogP contribution in [0.3, 0.4) is 0 Å². The third-order valence-electron chi connectivity index (χ3n) is 2.38. The van der Waals surface area contributed by atoms with Gasteiger partial charge >= 0.3 is 0 Å². The summed E-state index contributed by atoms with van der Waals surface area (Å²) in [6, 6.07) is -0.275. The number of carbonyl (C=O) groups is 1. The van der Waals surface area contributed by atoms with Crippen LogP contribution in [-0.4, -0.2) is 23.2 Å². The van der Waals surface area contributed by atoms with Crippen molar-refractivity contribution in [2.45, 2.75) is 39.8 Å². The second kappa shape index (κ2) is 7.08. The summed E-state index contributed by atoms with van der Waals surface area (Å²) in [7, 11) is 0. The lowest BCUT2D eigenvalue weighted by Gasteiger charge is -2.18. The average Bonchev–Trinajstić information content (AvgIpc) is 2.24. The number of aliphatic hydroxyl groups excluding tert-OH is 1. The molecule has 0 aliphatic carbocycles. The largest absolute Gasteiger partial charge is 0.392 e. The van der Waals surface area contributed by atoms with Gasteiger partial charge in [-0.25, -0.2) is 0 Å². The van der Waals surface area contributed by atoms with Crippen molar-refractivity contribution in [3.05, 3.63) is 12.2 Å². The SMILES string of the molecule is C#C[C@@H](C)NC(=O)/C=C/[C@@H](C)[C@H](O)C(C)C. The summed E-state index contributed by atoms with van der Waals surface area (Å²) in [5.74, 6) is 2.31. The number of hydrogen-bond acceptors (Lipinski definition) is 2. The quantitative estimate of drug-likeness (QED) is 0.546. The maximum absolute atomic E-state index is 11.3. The second-order valence-corrected chi connectivity index (χ2v) is 4.35. The Hall–Kier alpha value is -1.27. The average molecular weight is 223 g/mol. The number of rotatable bonds is 5. The summed E-state index contributed by atoms with van der Waals surface area (Å²) in [5, 5.41) is 12.3. The molecule has 0 aromatic heterocycles. The standard InChI is InChI=1S/C13H21NO2/c1-6-11(5)14-12(15)8-7-10(4)13(16)9(2)3/h1,7-11,13,16H,2-5H3,(H,14,15)/b8-7+/t10-,11-,13-/m1/s1. The molecule has 0 aliphatic rings. The lowest BCUT2D eigenvalue weighted by atomic mass is 9.94. The van der Waals surface area contributed by atoms with Crippen molar-refractivity contribution in [3.63, 3.8) is 0 Å². The van der Waals surface area contributed by atoms with E-state index in [0.29, 0.717) is 0 Å². The summed E-state index contributed by atoms with van der Waals surface area (Å²) < 4.78 is 0. The highest BCUT2D eigenvalue weighted by molar-refractivity contribution is 5.87. The molecule has 0 heterocycles. The Kier molecular flexibility index (Phi) is 6.52. The molecule has 0 bridgehead atoms. The van der Waals surface area contributed by atoms with Gasteiger partial charge in [-0.2, -0.15) is 0 Å². The minimum absolute atomic E-state index is 0.0492. The van der Waals surface area contributed by atoms with Crippen LogP contribution in [0.4, 0.5) is 0 Å². The fourth-order valence-electron chi connectivity index (χ4n) is 1.26. The van der Waals surface area contributed by atoms with Crippen LogP contribution in [-0.2, 0) is 4.79 Å². The predicted octanol–water partition coefficient (Wildman–Crippen LogP) is 1.33. The number of aliphatic hydroxyl groups is 1. The third kappa shape index (κ3) is 5.57. The van der Waals surface area contributed by atoms with Gasteiger partial charge in [0.1, 0.15) is 0 Å². The number of carbonyl (C=O) groups excluding carboxylic acids is 1. The lowest BCUT2D eigenvalue weighted by molar-refractivity contribution is -0.116. The number of terminal acetylenes is 1. The summed E-state index contributed by atoms with van der Waals surface area (Å²) >= 11 is 0. The second-order valence-electron chi connectivity index (χ2n) is 4.35. The van der Waals surface area contributed by atoms with Gasteiger partial charge in [0.05, 0.1) is 12.1 Å². The molecule has 0 saturated carbocycles. The maximum atomic E-state index is 11.3. The zero-order valence-corrected chi connectivity index (χ0v) is 10.4. The first-order valence-electron chi connectivity index (χ1n) is 5.51. The maximum Gasteiger partial charge on any atom is 0.244 e. The van der Waals surface area contributed by atoms with Crippen LogP contribution < -0.4 is 5.32 Å². The van der Waals surface area contributed by atoms with E-state index in [4.69, 9.17) is 6.42 Å². The van der Waals surface area contributed by atoms with Crippen molar-refractivity contribution in [2.24, 2.45) is 11.8 Å². The zero-order valence-electron chi connectivity index (χ0n) is 10.4. The van der Waals surface area contributed by atoms with Crippen molar-refractivity contribution in [1.29, 1.82) is 0 Å². The van der Waals surface area contributed by atoms with Gasteiger partial charge in [0.2, 0.25) is 5.91 Å². The summed E-state index contributed by atoms with van der Waals surface area (Å²) in [4.78, 5) is 11.3. The van der Waals surface area contributed by atoms with Crippen molar-refractivity contribution < 1.29 is 9.90 Å². The van der Waals surface area contributed by atoms with Gasteiger partial charge in [-0.05, 0) is 18.9 Å². The predicted molar refractivity (Wildman–Crippen MR) is 65.6 cm³/mol. The molecule has 3 nitrogen and oxygen atoms in total. The van der Waals surface area contributed by atoms with E-state index in [1.54, 1.807) is 13.0 Å². The molecule has 0 spiro atoms. The van der Waals surface area contributed by atoms with Crippen molar-refractivity contribution in [3.8, 4) is 12.3 Å². The van der Waals surface area contributed by atoms with Gasteiger partial charge in [-0.1, -0.05) is 32.8 Å². The Bertz CT molecular complexity index is 289. The lowest BCUT2D eigenvalue weighted by Crippen LogP contribution is -2.30.